The van der Waals surface area contributed by atoms with Crippen molar-refractivity contribution in [1.82, 2.24) is 0 Å². The van der Waals surface area contributed by atoms with Crippen molar-refractivity contribution in [2.75, 3.05) is 0 Å². The van der Waals surface area contributed by atoms with Crippen LogP contribution in [-0.2, 0) is 14.6 Å². The van der Waals surface area contributed by atoms with Gasteiger partial charge in [0.05, 0.1) is 16.5 Å². The lowest BCUT2D eigenvalue weighted by atomic mass is 9.52. The molecule has 1 saturated heterocycles. The molecule has 4 heteroatoms. The Morgan fingerprint density at radius 2 is 1.25 bits per heavy atom. The highest BCUT2D eigenvalue weighted by atomic mass is 79.9. The van der Waals surface area contributed by atoms with Crippen molar-refractivity contribution in [3.63, 3.8) is 0 Å². The first-order valence-corrected chi connectivity index (χ1v) is 9.13. The van der Waals surface area contributed by atoms with Crippen LogP contribution in [0.25, 0.3) is 0 Å². The summed E-state index contributed by atoms with van der Waals surface area (Å²) in [6, 6.07) is 18.9. The van der Waals surface area contributed by atoms with Crippen LogP contribution < -0.4 is 0 Å². The van der Waals surface area contributed by atoms with Crippen molar-refractivity contribution in [2.24, 2.45) is 0 Å². The van der Waals surface area contributed by atoms with E-state index in [1.807, 2.05) is 6.07 Å². The molecule has 0 bridgehead atoms. The van der Waals surface area contributed by atoms with Crippen molar-refractivity contribution in [1.29, 1.82) is 0 Å². The second kappa shape index (κ2) is 6.01. The monoisotopic (exact) mass is 386 g/mol. The van der Waals surface area contributed by atoms with Gasteiger partial charge in [-0.3, -0.25) is 0 Å². The molecule has 2 aromatic rings. The van der Waals surface area contributed by atoms with Crippen LogP contribution in [0.3, 0.4) is 0 Å². The van der Waals surface area contributed by atoms with E-state index in [1.54, 1.807) is 0 Å². The fourth-order valence-corrected chi connectivity index (χ4v) is 3.36. The van der Waals surface area contributed by atoms with Gasteiger partial charge in [-0.1, -0.05) is 65.3 Å². The van der Waals surface area contributed by atoms with Crippen LogP contribution in [-0.4, -0.2) is 18.3 Å². The zero-order valence-electron chi connectivity index (χ0n) is 15.0. The predicted octanol–water partition coefficient (Wildman–Crippen LogP) is 5.39. The van der Waals surface area contributed by atoms with Gasteiger partial charge in [-0.25, -0.2) is 0 Å². The largest absolute Gasteiger partial charge is 0.473 e. The summed E-state index contributed by atoms with van der Waals surface area (Å²) in [5, 5.41) is -0.396. The number of benzene rings is 2. The van der Waals surface area contributed by atoms with Gasteiger partial charge in [0.2, 0.25) is 0 Å². The molecule has 0 spiro atoms. The molecule has 126 valence electrons. The Morgan fingerprint density at radius 1 is 0.792 bits per heavy atom. The standard InChI is InChI=1S/C20H24BBrO2/c1-18(2)19(3,4)24-21(23-18)20(5,15-9-7-6-8-10-15)16-11-13-17(22)14-12-16/h6-14H,1-5H3/t20-/m1/s1. The molecule has 0 radical (unpaired) electrons. The highest BCUT2D eigenvalue weighted by Gasteiger charge is 2.59. The summed E-state index contributed by atoms with van der Waals surface area (Å²) in [4.78, 5) is 0. The van der Waals surface area contributed by atoms with Gasteiger partial charge in [0, 0.05) is 4.47 Å². The van der Waals surface area contributed by atoms with Crippen LogP contribution in [0.1, 0.15) is 45.7 Å². The van der Waals surface area contributed by atoms with E-state index in [1.165, 1.54) is 11.1 Å². The van der Waals surface area contributed by atoms with Crippen LogP contribution in [0.15, 0.2) is 59.1 Å². The lowest BCUT2D eigenvalue weighted by Gasteiger charge is -2.33. The molecule has 0 N–H and O–H groups in total. The van der Waals surface area contributed by atoms with Gasteiger partial charge in [-0.05, 0) is 51.0 Å². The summed E-state index contributed by atoms with van der Waals surface area (Å²) in [7, 11) is -0.355. The normalized spacial score (nSPS) is 21.5. The molecule has 0 amide bonds. The Morgan fingerprint density at radius 3 is 1.75 bits per heavy atom. The topological polar surface area (TPSA) is 18.5 Å². The Hall–Kier alpha value is -1.10. The highest BCUT2D eigenvalue weighted by molar-refractivity contribution is 9.10. The van der Waals surface area contributed by atoms with Crippen molar-refractivity contribution >= 4 is 23.0 Å². The van der Waals surface area contributed by atoms with E-state index >= 15 is 0 Å². The quantitative estimate of drug-likeness (QED) is 0.658. The van der Waals surface area contributed by atoms with Crippen molar-refractivity contribution in [3.8, 4) is 0 Å². The summed E-state index contributed by atoms with van der Waals surface area (Å²) in [5.74, 6) is 0. The molecule has 1 aliphatic rings. The van der Waals surface area contributed by atoms with Gasteiger partial charge in [0.1, 0.15) is 0 Å². The third-order valence-electron chi connectivity index (χ3n) is 5.54. The first-order chi connectivity index (χ1) is 11.2. The van der Waals surface area contributed by atoms with Gasteiger partial charge in [-0.15, -0.1) is 0 Å². The van der Waals surface area contributed by atoms with E-state index in [0.29, 0.717) is 0 Å². The van der Waals surface area contributed by atoms with Gasteiger partial charge < -0.3 is 9.31 Å². The van der Waals surface area contributed by atoms with E-state index in [-0.39, 0.29) is 18.3 Å². The molecule has 0 saturated carbocycles. The summed E-state index contributed by atoms with van der Waals surface area (Å²) in [6.07, 6.45) is 0. The van der Waals surface area contributed by atoms with Crippen LogP contribution >= 0.6 is 15.9 Å². The van der Waals surface area contributed by atoms with E-state index < -0.39 is 5.31 Å². The highest BCUT2D eigenvalue weighted by Crippen LogP contribution is 2.46. The second-order valence-corrected chi connectivity index (χ2v) is 8.58. The van der Waals surface area contributed by atoms with Gasteiger partial charge in [-0.2, -0.15) is 0 Å². The first-order valence-electron chi connectivity index (χ1n) is 8.34. The predicted molar refractivity (Wildman–Crippen MR) is 103 cm³/mol. The molecule has 1 heterocycles. The van der Waals surface area contributed by atoms with Gasteiger partial charge >= 0.3 is 7.12 Å². The third-order valence-corrected chi connectivity index (χ3v) is 6.07. The molecule has 2 aromatic carbocycles. The third kappa shape index (κ3) is 2.85. The van der Waals surface area contributed by atoms with Crippen molar-refractivity contribution < 1.29 is 9.31 Å². The Balaban J connectivity index is 2.12. The number of halogens is 1. The molecule has 1 fully saturated rings. The van der Waals surface area contributed by atoms with Gasteiger partial charge in [0.25, 0.3) is 0 Å². The van der Waals surface area contributed by atoms with Crippen LogP contribution in [0.2, 0.25) is 0 Å². The average molecular weight is 387 g/mol. The molecule has 24 heavy (non-hydrogen) atoms. The molecule has 1 aliphatic heterocycles. The molecule has 3 rings (SSSR count). The minimum atomic E-state index is -0.396. The zero-order chi connectivity index (χ0) is 17.6. The SMILES string of the molecule is CC1(C)OB([C@](C)(c2ccccc2)c2ccc(Br)cc2)OC1(C)C. The fourth-order valence-electron chi connectivity index (χ4n) is 3.10. The van der Waals surface area contributed by atoms with Crippen LogP contribution in [0.4, 0.5) is 0 Å². The molecule has 0 unspecified atom stereocenters. The number of hydrogen-bond acceptors (Lipinski definition) is 2. The molecular weight excluding hydrogens is 363 g/mol. The van der Waals surface area contributed by atoms with Crippen molar-refractivity contribution in [2.45, 2.75) is 51.1 Å². The van der Waals surface area contributed by atoms with Gasteiger partial charge in [0.15, 0.2) is 0 Å². The Kier molecular flexibility index (Phi) is 4.44. The average Bonchev–Trinajstić information content (AvgIpc) is 2.76. The maximum atomic E-state index is 6.43. The number of rotatable bonds is 3. The molecule has 2 nitrogen and oxygen atoms in total. The maximum absolute atomic E-state index is 6.43. The molecule has 0 aromatic heterocycles. The first kappa shape index (κ1) is 17.7. The smallest absolute Gasteiger partial charge is 0.402 e. The summed E-state index contributed by atoms with van der Waals surface area (Å²) in [6.45, 7) is 10.6. The van der Waals surface area contributed by atoms with Crippen LogP contribution in [0, 0.1) is 0 Å². The number of hydrogen-bond donors (Lipinski definition) is 0. The summed E-state index contributed by atoms with van der Waals surface area (Å²) >= 11 is 3.53. The lowest BCUT2D eigenvalue weighted by molar-refractivity contribution is 0.00578. The lowest BCUT2D eigenvalue weighted by Crippen LogP contribution is -2.44. The van der Waals surface area contributed by atoms with Crippen molar-refractivity contribution in [3.05, 3.63) is 70.2 Å². The summed E-state index contributed by atoms with van der Waals surface area (Å²) < 4.78 is 13.9. The van der Waals surface area contributed by atoms with E-state index in [2.05, 4.69) is 99.1 Å². The van der Waals surface area contributed by atoms with E-state index in [9.17, 15) is 0 Å². The summed E-state index contributed by atoms with van der Waals surface area (Å²) in [5.41, 5.74) is 1.65. The zero-order valence-corrected chi connectivity index (χ0v) is 16.6. The molecular formula is C20H24BBrO2. The maximum Gasteiger partial charge on any atom is 0.473 e. The fraction of sp³-hybridized carbons (Fsp3) is 0.400. The molecule has 0 aliphatic carbocycles. The van der Waals surface area contributed by atoms with Crippen LogP contribution in [0.5, 0.6) is 0 Å². The minimum absolute atomic E-state index is 0.355. The minimum Gasteiger partial charge on any atom is -0.402 e. The van der Waals surface area contributed by atoms with E-state index in [4.69, 9.17) is 9.31 Å². The molecule has 1 atom stereocenters. The second-order valence-electron chi connectivity index (χ2n) is 7.66. The van der Waals surface area contributed by atoms with E-state index in [0.717, 1.165) is 4.47 Å². The Labute approximate surface area is 153 Å². The Bertz CT molecular complexity index is 696.